The minimum absolute atomic E-state index is 0.00329. The Morgan fingerprint density at radius 3 is 2.38 bits per heavy atom. The lowest BCUT2D eigenvalue weighted by Gasteiger charge is -2.33. The average molecular weight is 332 g/mol. The van der Waals surface area contributed by atoms with Crippen molar-refractivity contribution in [2.75, 3.05) is 13.1 Å². The van der Waals surface area contributed by atoms with Crippen LogP contribution < -0.4 is 0 Å². The molecule has 8 heteroatoms. The summed E-state index contributed by atoms with van der Waals surface area (Å²) in [6, 6.07) is 1.25. The fourth-order valence-electron chi connectivity index (χ4n) is 2.54. The van der Waals surface area contributed by atoms with E-state index in [0.29, 0.717) is 19.6 Å². The molecule has 0 amide bonds. The Bertz CT molecular complexity index is 629. The lowest BCUT2D eigenvalue weighted by Crippen LogP contribution is -2.43. The Hall–Kier alpha value is -0.990. The first kappa shape index (κ1) is 16.4. The van der Waals surface area contributed by atoms with Crippen molar-refractivity contribution in [1.29, 1.82) is 0 Å². The van der Waals surface area contributed by atoms with Crippen LogP contribution in [0.15, 0.2) is 17.2 Å². The maximum Gasteiger partial charge on any atom is 0.352 e. The SMILES string of the molecule is CCn1cc(S(=O)(=O)N2CC(C)SC(C)C2)cc1C(=O)O. The van der Waals surface area contributed by atoms with Gasteiger partial charge in [-0.2, -0.15) is 16.1 Å². The smallest absolute Gasteiger partial charge is 0.352 e. The van der Waals surface area contributed by atoms with E-state index in [2.05, 4.69) is 0 Å². The number of aryl methyl sites for hydroxylation is 1. The van der Waals surface area contributed by atoms with E-state index in [1.54, 1.807) is 18.7 Å². The summed E-state index contributed by atoms with van der Waals surface area (Å²) in [5.74, 6) is -1.12. The zero-order chi connectivity index (χ0) is 15.8. The molecular weight excluding hydrogens is 312 g/mol. The molecule has 2 unspecified atom stereocenters. The largest absolute Gasteiger partial charge is 0.477 e. The number of carboxylic acid groups (broad SMARTS) is 1. The molecule has 1 N–H and O–H groups in total. The fraction of sp³-hybridized carbons (Fsp3) is 0.615. The van der Waals surface area contributed by atoms with E-state index in [1.165, 1.54) is 21.1 Å². The number of carbonyl (C=O) groups is 1. The number of hydrogen-bond acceptors (Lipinski definition) is 4. The Morgan fingerprint density at radius 2 is 1.95 bits per heavy atom. The predicted octanol–water partition coefficient (Wildman–Crippen LogP) is 1.72. The molecule has 2 rings (SSSR count). The molecule has 0 aliphatic carbocycles. The summed E-state index contributed by atoms with van der Waals surface area (Å²) >= 11 is 1.77. The van der Waals surface area contributed by atoms with Crippen molar-refractivity contribution in [3.63, 3.8) is 0 Å². The second-order valence-corrected chi connectivity index (χ2v) is 9.05. The highest BCUT2D eigenvalue weighted by molar-refractivity contribution is 8.00. The van der Waals surface area contributed by atoms with Crippen molar-refractivity contribution >= 4 is 27.8 Å². The van der Waals surface area contributed by atoms with Crippen LogP contribution in [0, 0.1) is 0 Å². The van der Waals surface area contributed by atoms with Gasteiger partial charge in [-0.3, -0.25) is 0 Å². The number of hydrogen-bond donors (Lipinski definition) is 1. The van der Waals surface area contributed by atoms with Crippen molar-refractivity contribution in [3.05, 3.63) is 18.0 Å². The Labute approximate surface area is 129 Å². The highest BCUT2D eigenvalue weighted by atomic mass is 32.2. The van der Waals surface area contributed by atoms with E-state index in [9.17, 15) is 13.2 Å². The van der Waals surface area contributed by atoms with Gasteiger partial charge in [-0.15, -0.1) is 0 Å². The molecule has 21 heavy (non-hydrogen) atoms. The van der Waals surface area contributed by atoms with Gasteiger partial charge in [-0.05, 0) is 13.0 Å². The minimum Gasteiger partial charge on any atom is -0.477 e. The average Bonchev–Trinajstić information content (AvgIpc) is 2.82. The number of thioether (sulfide) groups is 1. The van der Waals surface area contributed by atoms with Gasteiger partial charge in [0, 0.05) is 36.3 Å². The van der Waals surface area contributed by atoms with Crippen LogP contribution in [0.5, 0.6) is 0 Å². The third-order valence-electron chi connectivity index (χ3n) is 3.46. The lowest BCUT2D eigenvalue weighted by molar-refractivity contribution is 0.0685. The van der Waals surface area contributed by atoms with E-state index < -0.39 is 16.0 Å². The van der Waals surface area contributed by atoms with Crippen molar-refractivity contribution in [3.8, 4) is 0 Å². The predicted molar refractivity (Wildman–Crippen MR) is 82.3 cm³/mol. The molecule has 1 aromatic heterocycles. The van der Waals surface area contributed by atoms with Gasteiger partial charge in [0.25, 0.3) is 0 Å². The second kappa shape index (κ2) is 6.02. The first-order valence-electron chi connectivity index (χ1n) is 6.84. The van der Waals surface area contributed by atoms with Gasteiger partial charge in [0.05, 0.1) is 0 Å². The van der Waals surface area contributed by atoms with Crippen molar-refractivity contribution in [2.24, 2.45) is 0 Å². The topological polar surface area (TPSA) is 79.6 Å². The molecule has 1 fully saturated rings. The molecule has 1 aliphatic rings. The molecule has 0 saturated carbocycles. The first-order chi connectivity index (χ1) is 9.75. The lowest BCUT2D eigenvalue weighted by atomic mass is 10.4. The van der Waals surface area contributed by atoms with Crippen LogP contribution in [0.25, 0.3) is 0 Å². The molecule has 0 spiro atoms. The van der Waals surface area contributed by atoms with Crippen LogP contribution in [0.3, 0.4) is 0 Å². The molecule has 1 aromatic rings. The minimum atomic E-state index is -3.64. The van der Waals surface area contributed by atoms with Crippen molar-refractivity contribution in [2.45, 2.75) is 42.7 Å². The highest BCUT2D eigenvalue weighted by Gasteiger charge is 2.33. The van der Waals surface area contributed by atoms with Crippen LogP contribution in [0.1, 0.15) is 31.3 Å². The van der Waals surface area contributed by atoms with Gasteiger partial charge in [0.15, 0.2) is 0 Å². The van der Waals surface area contributed by atoms with E-state index in [1.807, 2.05) is 13.8 Å². The zero-order valence-electron chi connectivity index (χ0n) is 12.3. The summed E-state index contributed by atoms with van der Waals surface area (Å²) in [5.41, 5.74) is 0.00329. The fourth-order valence-corrected chi connectivity index (χ4v) is 5.71. The van der Waals surface area contributed by atoms with Gasteiger partial charge in [-0.1, -0.05) is 13.8 Å². The maximum absolute atomic E-state index is 12.7. The van der Waals surface area contributed by atoms with Crippen LogP contribution in [0.2, 0.25) is 0 Å². The molecule has 118 valence electrons. The normalized spacial score (nSPS) is 24.1. The van der Waals surface area contributed by atoms with E-state index in [0.717, 1.165) is 0 Å². The Morgan fingerprint density at radius 1 is 1.38 bits per heavy atom. The number of sulfonamides is 1. The van der Waals surface area contributed by atoms with E-state index in [-0.39, 0.29) is 21.1 Å². The van der Waals surface area contributed by atoms with Crippen molar-refractivity contribution < 1.29 is 18.3 Å². The van der Waals surface area contributed by atoms with Gasteiger partial charge >= 0.3 is 5.97 Å². The molecular formula is C13H20N2O4S2. The third kappa shape index (κ3) is 3.27. The number of nitrogens with zero attached hydrogens (tertiary/aromatic N) is 2. The van der Waals surface area contributed by atoms with E-state index >= 15 is 0 Å². The third-order valence-corrected chi connectivity index (χ3v) is 6.48. The number of aromatic carboxylic acids is 1. The molecule has 2 atom stereocenters. The monoisotopic (exact) mass is 332 g/mol. The summed E-state index contributed by atoms with van der Waals surface area (Å²) < 4.78 is 28.3. The van der Waals surface area contributed by atoms with Gasteiger partial charge in [-0.25, -0.2) is 13.2 Å². The highest BCUT2D eigenvalue weighted by Crippen LogP contribution is 2.29. The van der Waals surface area contributed by atoms with Gasteiger partial charge in [0.2, 0.25) is 10.0 Å². The summed E-state index contributed by atoms with van der Waals surface area (Å²) in [4.78, 5) is 11.2. The zero-order valence-corrected chi connectivity index (χ0v) is 13.9. The number of rotatable bonds is 4. The molecule has 1 aliphatic heterocycles. The Kier molecular flexibility index (Phi) is 4.69. The molecule has 0 radical (unpaired) electrons. The van der Waals surface area contributed by atoms with Crippen LogP contribution in [-0.4, -0.2) is 52.0 Å². The van der Waals surface area contributed by atoms with E-state index in [4.69, 9.17) is 5.11 Å². The quantitative estimate of drug-likeness (QED) is 0.908. The maximum atomic E-state index is 12.7. The molecule has 6 nitrogen and oxygen atoms in total. The summed E-state index contributed by atoms with van der Waals surface area (Å²) in [5, 5.41) is 9.60. The molecule has 2 heterocycles. The van der Waals surface area contributed by atoms with Crippen LogP contribution in [0.4, 0.5) is 0 Å². The van der Waals surface area contributed by atoms with Crippen LogP contribution in [-0.2, 0) is 16.6 Å². The summed E-state index contributed by atoms with van der Waals surface area (Å²) in [6.45, 7) is 7.11. The van der Waals surface area contributed by atoms with Gasteiger partial charge in [0.1, 0.15) is 10.6 Å². The molecule has 0 bridgehead atoms. The molecule has 0 aromatic carbocycles. The number of aromatic nitrogens is 1. The van der Waals surface area contributed by atoms with Crippen molar-refractivity contribution in [1.82, 2.24) is 8.87 Å². The second-order valence-electron chi connectivity index (χ2n) is 5.23. The standard InChI is InChI=1S/C13H20N2O4S2/c1-4-14-8-11(5-12(14)13(16)17)21(18,19)15-6-9(2)20-10(3)7-15/h5,8-10H,4,6-7H2,1-3H3,(H,16,17). The Balaban J connectivity index is 2.37. The van der Waals surface area contributed by atoms with Crippen LogP contribution >= 0.6 is 11.8 Å². The van der Waals surface area contributed by atoms with Gasteiger partial charge < -0.3 is 9.67 Å². The summed E-state index contributed by atoms with van der Waals surface area (Å²) in [7, 11) is -3.64. The first-order valence-corrected chi connectivity index (χ1v) is 9.23. The molecule has 1 saturated heterocycles. The number of carboxylic acids is 1. The summed E-state index contributed by atoms with van der Waals surface area (Å²) in [6.07, 6.45) is 1.41.